The summed E-state index contributed by atoms with van der Waals surface area (Å²) < 4.78 is 0. The Bertz CT molecular complexity index is 144. The monoisotopic (exact) mass is 193 g/mol. The maximum Gasteiger partial charge on any atom is 0.306 e. The van der Waals surface area contributed by atoms with Crippen LogP contribution in [0.25, 0.3) is 0 Å². The van der Waals surface area contributed by atoms with E-state index in [0.29, 0.717) is 0 Å². The molecule has 1 aliphatic rings. The summed E-state index contributed by atoms with van der Waals surface area (Å²) >= 11 is 0. The van der Waals surface area contributed by atoms with Crippen LogP contribution in [0.3, 0.4) is 0 Å². The summed E-state index contributed by atoms with van der Waals surface area (Å²) in [6.45, 7) is 5.06. The zero-order valence-corrected chi connectivity index (χ0v) is 8.14. The number of likely N-dealkylation sites (tertiary alicyclic amines) is 1. The highest BCUT2D eigenvalue weighted by atomic mass is 35.5. The smallest absolute Gasteiger partial charge is 0.306 e. The van der Waals surface area contributed by atoms with Gasteiger partial charge in [0.15, 0.2) is 0 Å². The molecule has 0 saturated carbocycles. The van der Waals surface area contributed by atoms with Crippen LogP contribution in [-0.2, 0) is 4.79 Å². The Hall–Kier alpha value is -0.280. The molecule has 1 saturated heterocycles. The molecule has 0 unspecified atom stereocenters. The summed E-state index contributed by atoms with van der Waals surface area (Å²) in [5, 5.41) is 8.68. The maximum atomic E-state index is 10.5. The first-order valence-electron chi connectivity index (χ1n) is 4.19. The molecule has 0 aromatic heterocycles. The maximum absolute atomic E-state index is 10.5. The molecule has 12 heavy (non-hydrogen) atoms. The molecule has 0 aromatic carbocycles. The minimum Gasteiger partial charge on any atom is -0.481 e. The van der Waals surface area contributed by atoms with Gasteiger partial charge in [-0.2, -0.15) is 0 Å². The van der Waals surface area contributed by atoms with Crippen molar-refractivity contribution in [1.82, 2.24) is 4.90 Å². The van der Waals surface area contributed by atoms with Crippen molar-refractivity contribution in [3.05, 3.63) is 0 Å². The van der Waals surface area contributed by atoms with Crippen molar-refractivity contribution in [1.29, 1.82) is 0 Å². The number of aliphatic carboxylic acids is 1. The highest BCUT2D eigenvalue weighted by Gasteiger charge is 2.23. The minimum absolute atomic E-state index is 0. The standard InChI is InChI=1S/C8H15NO2.ClH/c1-2-9-5-3-7(4-6-9)8(10)11;/h7H,2-6H2,1H3,(H,10,11);1H. The van der Waals surface area contributed by atoms with Crippen molar-refractivity contribution in [2.45, 2.75) is 19.8 Å². The summed E-state index contributed by atoms with van der Waals surface area (Å²) in [6, 6.07) is 0. The van der Waals surface area contributed by atoms with Gasteiger partial charge in [0, 0.05) is 0 Å². The van der Waals surface area contributed by atoms with Crippen molar-refractivity contribution in [3.8, 4) is 0 Å². The summed E-state index contributed by atoms with van der Waals surface area (Å²) in [5.41, 5.74) is 0. The Morgan fingerprint density at radius 3 is 2.33 bits per heavy atom. The summed E-state index contributed by atoms with van der Waals surface area (Å²) in [5.74, 6) is -0.710. The molecule has 0 radical (unpaired) electrons. The van der Waals surface area contributed by atoms with Gasteiger partial charge in [-0.25, -0.2) is 0 Å². The van der Waals surface area contributed by atoms with Crippen LogP contribution in [0.1, 0.15) is 19.8 Å². The molecule has 1 aliphatic heterocycles. The average molecular weight is 194 g/mol. The Morgan fingerprint density at radius 2 is 2.00 bits per heavy atom. The molecule has 3 nitrogen and oxygen atoms in total. The molecule has 1 heterocycles. The molecular formula is C8H16ClNO2. The Balaban J connectivity index is 0.00000121. The first-order chi connectivity index (χ1) is 5.24. The van der Waals surface area contributed by atoms with E-state index in [1.54, 1.807) is 0 Å². The Labute approximate surface area is 79.2 Å². The van der Waals surface area contributed by atoms with E-state index < -0.39 is 5.97 Å². The largest absolute Gasteiger partial charge is 0.481 e. The summed E-state index contributed by atoms with van der Waals surface area (Å²) in [7, 11) is 0. The molecule has 0 atom stereocenters. The zero-order valence-electron chi connectivity index (χ0n) is 7.32. The Morgan fingerprint density at radius 1 is 1.50 bits per heavy atom. The van der Waals surface area contributed by atoms with Crippen LogP contribution in [-0.4, -0.2) is 35.6 Å². The van der Waals surface area contributed by atoms with E-state index in [4.69, 9.17) is 5.11 Å². The number of hydrogen-bond acceptors (Lipinski definition) is 2. The van der Waals surface area contributed by atoms with Crippen molar-refractivity contribution >= 4 is 18.4 Å². The molecule has 1 N–H and O–H groups in total. The van der Waals surface area contributed by atoms with E-state index in [1.807, 2.05) is 0 Å². The number of carboxylic acids is 1. The number of nitrogens with zero attached hydrogens (tertiary/aromatic N) is 1. The van der Waals surface area contributed by atoms with Gasteiger partial charge in [0.1, 0.15) is 0 Å². The number of carbonyl (C=O) groups is 1. The van der Waals surface area contributed by atoms with Gasteiger partial charge in [-0.15, -0.1) is 12.4 Å². The highest BCUT2D eigenvalue weighted by molar-refractivity contribution is 5.85. The summed E-state index contributed by atoms with van der Waals surface area (Å²) in [4.78, 5) is 12.8. The van der Waals surface area contributed by atoms with Gasteiger partial charge < -0.3 is 10.0 Å². The van der Waals surface area contributed by atoms with E-state index in [-0.39, 0.29) is 18.3 Å². The fraction of sp³-hybridized carbons (Fsp3) is 0.875. The molecular weight excluding hydrogens is 178 g/mol. The number of halogens is 1. The topological polar surface area (TPSA) is 40.5 Å². The fourth-order valence-corrected chi connectivity index (χ4v) is 1.50. The van der Waals surface area contributed by atoms with E-state index in [2.05, 4.69) is 11.8 Å². The van der Waals surface area contributed by atoms with Crippen molar-refractivity contribution in [3.63, 3.8) is 0 Å². The third-order valence-electron chi connectivity index (χ3n) is 2.38. The quantitative estimate of drug-likeness (QED) is 0.717. The van der Waals surface area contributed by atoms with E-state index >= 15 is 0 Å². The van der Waals surface area contributed by atoms with Gasteiger partial charge in [-0.05, 0) is 32.5 Å². The normalized spacial score (nSPS) is 20.1. The van der Waals surface area contributed by atoms with Crippen LogP contribution in [0.15, 0.2) is 0 Å². The first kappa shape index (κ1) is 11.7. The minimum atomic E-state index is -0.624. The zero-order chi connectivity index (χ0) is 8.27. The number of piperidine rings is 1. The molecule has 0 spiro atoms. The third-order valence-corrected chi connectivity index (χ3v) is 2.38. The van der Waals surface area contributed by atoms with E-state index in [9.17, 15) is 4.79 Å². The van der Waals surface area contributed by atoms with E-state index in [1.165, 1.54) is 0 Å². The lowest BCUT2D eigenvalue weighted by molar-refractivity contribution is -0.143. The van der Waals surface area contributed by atoms with Gasteiger partial charge in [0.2, 0.25) is 0 Å². The fourth-order valence-electron chi connectivity index (χ4n) is 1.50. The molecule has 1 rings (SSSR count). The second-order valence-electron chi connectivity index (χ2n) is 3.05. The predicted octanol–water partition coefficient (Wildman–Crippen LogP) is 1.22. The van der Waals surface area contributed by atoms with Gasteiger partial charge in [-0.3, -0.25) is 4.79 Å². The lowest BCUT2D eigenvalue weighted by atomic mass is 9.97. The summed E-state index contributed by atoms with van der Waals surface area (Å²) in [6.07, 6.45) is 1.65. The van der Waals surface area contributed by atoms with Crippen molar-refractivity contribution in [2.75, 3.05) is 19.6 Å². The highest BCUT2D eigenvalue weighted by Crippen LogP contribution is 2.16. The van der Waals surface area contributed by atoms with Gasteiger partial charge in [0.05, 0.1) is 5.92 Å². The number of carboxylic acid groups (broad SMARTS) is 1. The van der Waals surface area contributed by atoms with Crippen LogP contribution < -0.4 is 0 Å². The average Bonchev–Trinajstić information content (AvgIpc) is 2.05. The lowest BCUT2D eigenvalue weighted by Gasteiger charge is -2.28. The van der Waals surface area contributed by atoms with Gasteiger partial charge in [-0.1, -0.05) is 6.92 Å². The molecule has 0 amide bonds. The van der Waals surface area contributed by atoms with Crippen LogP contribution in [0.2, 0.25) is 0 Å². The second-order valence-corrected chi connectivity index (χ2v) is 3.05. The molecule has 1 fully saturated rings. The van der Waals surface area contributed by atoms with Crippen LogP contribution in [0.5, 0.6) is 0 Å². The number of rotatable bonds is 2. The molecule has 72 valence electrons. The predicted molar refractivity (Wildman–Crippen MR) is 49.7 cm³/mol. The van der Waals surface area contributed by atoms with Gasteiger partial charge in [0.25, 0.3) is 0 Å². The van der Waals surface area contributed by atoms with E-state index in [0.717, 1.165) is 32.5 Å². The van der Waals surface area contributed by atoms with Crippen molar-refractivity contribution in [2.24, 2.45) is 5.92 Å². The number of hydrogen-bond donors (Lipinski definition) is 1. The molecule has 4 heteroatoms. The molecule has 0 aliphatic carbocycles. The molecule has 0 aromatic rings. The Kier molecular flexibility index (Phi) is 5.25. The van der Waals surface area contributed by atoms with Crippen LogP contribution >= 0.6 is 12.4 Å². The third kappa shape index (κ3) is 2.99. The van der Waals surface area contributed by atoms with Crippen molar-refractivity contribution < 1.29 is 9.90 Å². The second kappa shape index (κ2) is 5.38. The van der Waals surface area contributed by atoms with Crippen LogP contribution in [0.4, 0.5) is 0 Å². The van der Waals surface area contributed by atoms with Crippen LogP contribution in [0, 0.1) is 5.92 Å². The molecule has 0 bridgehead atoms. The lowest BCUT2D eigenvalue weighted by Crippen LogP contribution is -2.35. The van der Waals surface area contributed by atoms with Gasteiger partial charge >= 0.3 is 5.97 Å². The SMILES string of the molecule is CCN1CCC(C(=O)O)CC1.Cl. The first-order valence-corrected chi connectivity index (χ1v) is 4.19.